The number of rotatable bonds is 9. The smallest absolute Gasteiger partial charge is 0.234 e. The number of ether oxygens (including phenoxy) is 1. The number of para-hydroxylation sites is 1. The van der Waals surface area contributed by atoms with Gasteiger partial charge in [-0.05, 0) is 48.7 Å². The van der Waals surface area contributed by atoms with Crippen molar-refractivity contribution >= 4 is 35.0 Å². The van der Waals surface area contributed by atoms with Gasteiger partial charge in [-0.25, -0.2) is 0 Å². The summed E-state index contributed by atoms with van der Waals surface area (Å²) in [5, 5.41) is 13.1. The molecule has 0 fully saturated rings. The number of aromatic nitrogens is 3. The van der Waals surface area contributed by atoms with Gasteiger partial charge in [-0.3, -0.25) is 4.79 Å². The van der Waals surface area contributed by atoms with Crippen LogP contribution in [0.1, 0.15) is 11.1 Å². The van der Waals surface area contributed by atoms with Crippen LogP contribution in [0.2, 0.25) is 5.02 Å². The van der Waals surface area contributed by atoms with Crippen LogP contribution >= 0.6 is 23.4 Å². The molecule has 1 N–H and O–H groups in total. The highest BCUT2D eigenvalue weighted by Gasteiger charge is 2.18. The molecule has 1 amide bonds. The zero-order valence-corrected chi connectivity index (χ0v) is 20.6. The van der Waals surface area contributed by atoms with Crippen LogP contribution in [0.3, 0.4) is 0 Å². The number of anilines is 1. The van der Waals surface area contributed by atoms with Crippen LogP contribution in [0.25, 0.3) is 11.4 Å². The molecule has 3 aromatic carbocycles. The number of carbonyl (C=O) groups excluding carboxylic acids is 1. The van der Waals surface area contributed by atoms with Crippen molar-refractivity contribution in [1.82, 2.24) is 14.8 Å². The Morgan fingerprint density at radius 2 is 1.79 bits per heavy atom. The largest absolute Gasteiger partial charge is 0.496 e. The van der Waals surface area contributed by atoms with E-state index < -0.39 is 0 Å². The Hall–Kier alpha value is -3.29. The predicted octanol–water partition coefficient (Wildman–Crippen LogP) is 5.89. The summed E-state index contributed by atoms with van der Waals surface area (Å²) in [6.45, 7) is 2.55. The van der Waals surface area contributed by atoms with Crippen molar-refractivity contribution in [2.24, 2.45) is 0 Å². The van der Waals surface area contributed by atoms with Crippen molar-refractivity contribution in [2.75, 3.05) is 18.2 Å². The average molecular weight is 493 g/mol. The summed E-state index contributed by atoms with van der Waals surface area (Å²) in [4.78, 5) is 12.7. The summed E-state index contributed by atoms with van der Waals surface area (Å²) in [6, 6.07) is 23.4. The number of benzene rings is 3. The van der Waals surface area contributed by atoms with Crippen LogP contribution in [0, 0.1) is 6.92 Å². The second-order valence-corrected chi connectivity index (χ2v) is 8.99. The molecule has 4 rings (SSSR count). The molecule has 0 unspecified atom stereocenters. The number of carbonyl (C=O) groups is 1. The third-order valence-electron chi connectivity index (χ3n) is 5.41. The van der Waals surface area contributed by atoms with Crippen LogP contribution in [-0.2, 0) is 17.8 Å². The number of thioether (sulfide) groups is 1. The third kappa shape index (κ3) is 5.61. The molecule has 0 radical (unpaired) electrons. The van der Waals surface area contributed by atoms with Gasteiger partial charge in [-0.2, -0.15) is 0 Å². The lowest BCUT2D eigenvalue weighted by Crippen LogP contribution is -2.15. The van der Waals surface area contributed by atoms with Crippen molar-refractivity contribution in [3.05, 3.63) is 88.9 Å². The molecule has 1 heterocycles. The Labute approximate surface area is 208 Å². The van der Waals surface area contributed by atoms with Gasteiger partial charge in [0.25, 0.3) is 0 Å². The molecule has 0 aliphatic rings. The summed E-state index contributed by atoms with van der Waals surface area (Å²) in [5.41, 5.74) is 3.62. The van der Waals surface area contributed by atoms with Crippen LogP contribution in [0.5, 0.6) is 5.75 Å². The van der Waals surface area contributed by atoms with Crippen LogP contribution in [-0.4, -0.2) is 33.5 Å². The van der Waals surface area contributed by atoms with Gasteiger partial charge in [0.05, 0.1) is 18.4 Å². The molecule has 0 spiro atoms. The number of aryl methyl sites for hydroxylation is 1. The number of amides is 1. The number of nitrogens with one attached hydrogen (secondary N) is 1. The fraction of sp³-hybridized carbons (Fsp3) is 0.192. The molecule has 0 aliphatic heterocycles. The minimum absolute atomic E-state index is 0.133. The fourth-order valence-corrected chi connectivity index (χ4v) is 4.51. The molecular formula is C26H25ClN4O2S. The topological polar surface area (TPSA) is 69.0 Å². The van der Waals surface area contributed by atoms with Crippen LogP contribution in [0.15, 0.2) is 78.0 Å². The normalized spacial score (nSPS) is 10.8. The van der Waals surface area contributed by atoms with Crippen molar-refractivity contribution in [1.29, 1.82) is 0 Å². The Morgan fingerprint density at radius 1 is 1.03 bits per heavy atom. The zero-order chi connectivity index (χ0) is 23.9. The first-order chi connectivity index (χ1) is 16.6. The highest BCUT2D eigenvalue weighted by atomic mass is 35.5. The zero-order valence-electron chi connectivity index (χ0n) is 19.0. The average Bonchev–Trinajstić information content (AvgIpc) is 3.27. The highest BCUT2D eigenvalue weighted by molar-refractivity contribution is 7.99. The SMILES string of the molecule is COc1ccccc1-c1nnc(SCC(=O)Nc2cccc(Cl)c2C)n1CCc1ccccc1. The Kier molecular flexibility index (Phi) is 7.87. The monoisotopic (exact) mass is 492 g/mol. The van der Waals surface area contributed by atoms with Crippen molar-refractivity contribution in [2.45, 2.75) is 25.0 Å². The first kappa shape index (κ1) is 23.9. The first-order valence-corrected chi connectivity index (χ1v) is 12.2. The molecule has 34 heavy (non-hydrogen) atoms. The molecule has 1 aromatic heterocycles. The fourth-order valence-electron chi connectivity index (χ4n) is 3.57. The van der Waals surface area contributed by atoms with E-state index in [1.807, 2.05) is 66.1 Å². The summed E-state index contributed by atoms with van der Waals surface area (Å²) in [7, 11) is 1.64. The van der Waals surface area contributed by atoms with Gasteiger partial charge in [0.1, 0.15) is 5.75 Å². The number of nitrogens with zero attached hydrogens (tertiary/aromatic N) is 3. The van der Waals surface area contributed by atoms with Crippen molar-refractivity contribution in [3.63, 3.8) is 0 Å². The van der Waals surface area contributed by atoms with Crippen molar-refractivity contribution < 1.29 is 9.53 Å². The number of hydrogen-bond acceptors (Lipinski definition) is 5. The molecule has 0 bridgehead atoms. The highest BCUT2D eigenvalue weighted by Crippen LogP contribution is 2.31. The molecule has 8 heteroatoms. The first-order valence-electron chi connectivity index (χ1n) is 10.8. The van der Waals surface area contributed by atoms with Gasteiger partial charge >= 0.3 is 0 Å². The van der Waals surface area contributed by atoms with Gasteiger partial charge in [-0.1, -0.05) is 71.9 Å². The third-order valence-corrected chi connectivity index (χ3v) is 6.78. The number of hydrogen-bond donors (Lipinski definition) is 1. The van der Waals surface area contributed by atoms with E-state index in [4.69, 9.17) is 16.3 Å². The van der Waals surface area contributed by atoms with Gasteiger partial charge < -0.3 is 14.6 Å². The van der Waals surface area contributed by atoms with E-state index in [0.29, 0.717) is 28.2 Å². The van der Waals surface area contributed by atoms with E-state index in [2.05, 4.69) is 27.6 Å². The quantitative estimate of drug-likeness (QED) is 0.295. The standard InChI is InChI=1S/C26H25ClN4O2S/c1-18-21(27)12-8-13-22(18)28-24(32)17-34-26-30-29-25(20-11-6-7-14-23(20)33-2)31(26)16-15-19-9-4-3-5-10-19/h3-14H,15-17H2,1-2H3,(H,28,32). The second-order valence-electron chi connectivity index (χ2n) is 7.64. The minimum atomic E-state index is -0.133. The number of halogens is 1. The van der Waals surface area contributed by atoms with Crippen LogP contribution in [0.4, 0.5) is 5.69 Å². The lowest BCUT2D eigenvalue weighted by atomic mass is 10.1. The van der Waals surface area contributed by atoms with E-state index in [1.54, 1.807) is 13.2 Å². The summed E-state index contributed by atoms with van der Waals surface area (Å²) < 4.78 is 7.60. The van der Waals surface area contributed by atoms with Crippen LogP contribution < -0.4 is 10.1 Å². The van der Waals surface area contributed by atoms with E-state index in [1.165, 1.54) is 17.3 Å². The summed E-state index contributed by atoms with van der Waals surface area (Å²) >= 11 is 7.53. The molecular weight excluding hydrogens is 468 g/mol. The van der Waals surface area contributed by atoms with E-state index in [-0.39, 0.29) is 11.7 Å². The molecule has 0 atom stereocenters. The summed E-state index contributed by atoms with van der Waals surface area (Å²) in [6.07, 6.45) is 0.808. The molecule has 6 nitrogen and oxygen atoms in total. The van der Waals surface area contributed by atoms with E-state index >= 15 is 0 Å². The maximum Gasteiger partial charge on any atom is 0.234 e. The molecule has 0 saturated heterocycles. The minimum Gasteiger partial charge on any atom is -0.496 e. The van der Waals surface area contributed by atoms with Gasteiger partial charge in [0, 0.05) is 17.3 Å². The Balaban J connectivity index is 1.55. The lowest BCUT2D eigenvalue weighted by Gasteiger charge is -2.13. The molecule has 0 saturated carbocycles. The van der Waals surface area contributed by atoms with E-state index in [9.17, 15) is 4.79 Å². The predicted molar refractivity (Wildman–Crippen MR) is 138 cm³/mol. The summed E-state index contributed by atoms with van der Waals surface area (Å²) in [5.74, 6) is 1.50. The molecule has 0 aliphatic carbocycles. The van der Waals surface area contributed by atoms with Gasteiger partial charge in [0.15, 0.2) is 11.0 Å². The molecule has 174 valence electrons. The number of methoxy groups -OCH3 is 1. The second kappa shape index (κ2) is 11.2. The Morgan fingerprint density at radius 3 is 2.59 bits per heavy atom. The van der Waals surface area contributed by atoms with E-state index in [0.717, 1.165) is 23.3 Å². The molecule has 4 aromatic rings. The Bertz CT molecular complexity index is 1280. The maximum absolute atomic E-state index is 12.7. The maximum atomic E-state index is 12.7. The lowest BCUT2D eigenvalue weighted by molar-refractivity contribution is -0.113. The van der Waals surface area contributed by atoms with Gasteiger partial charge in [-0.15, -0.1) is 10.2 Å². The van der Waals surface area contributed by atoms with Gasteiger partial charge in [0.2, 0.25) is 5.91 Å². The van der Waals surface area contributed by atoms with Crippen molar-refractivity contribution in [3.8, 4) is 17.1 Å².